The molecule has 9 heteroatoms. The van der Waals surface area contributed by atoms with Crippen molar-refractivity contribution >= 4 is 69.9 Å². The predicted molar refractivity (Wildman–Crippen MR) is 156 cm³/mol. The third kappa shape index (κ3) is 7.17. The highest BCUT2D eigenvalue weighted by Crippen LogP contribution is 2.26. The maximum Gasteiger partial charge on any atom is 0.212 e. The third-order valence-corrected chi connectivity index (χ3v) is 5.95. The summed E-state index contributed by atoms with van der Waals surface area (Å²) >= 11 is 17.9. The Labute approximate surface area is 240 Å². The Morgan fingerprint density at radius 2 is 1.03 bits per heavy atom. The molecular formula is C30H15Cl3N6. The minimum Gasteiger partial charge on any atom is -0.267 e. The summed E-state index contributed by atoms with van der Waals surface area (Å²) in [5.41, 5.74) is 4.24. The second-order valence-corrected chi connectivity index (χ2v) is 9.31. The van der Waals surface area contributed by atoms with Crippen LogP contribution >= 0.6 is 34.8 Å². The van der Waals surface area contributed by atoms with Crippen LogP contribution in [0.2, 0.25) is 15.1 Å². The summed E-state index contributed by atoms with van der Waals surface area (Å²) in [6.45, 7) is 7.69. The molecule has 6 nitrogen and oxygen atoms in total. The van der Waals surface area contributed by atoms with Crippen LogP contribution < -0.4 is 0 Å². The maximum atomic E-state index is 9.82. The van der Waals surface area contributed by atoms with Crippen LogP contribution in [0.4, 0.5) is 0 Å². The van der Waals surface area contributed by atoms with Gasteiger partial charge in [0.1, 0.15) is 12.1 Å². The summed E-state index contributed by atoms with van der Waals surface area (Å²) in [4.78, 5) is 16.4. The molecule has 0 radical (unpaired) electrons. The van der Waals surface area contributed by atoms with Crippen LogP contribution in [0.1, 0.15) is 33.8 Å². The van der Waals surface area contributed by atoms with Gasteiger partial charge in [0.15, 0.2) is 0 Å². The first kappa shape index (κ1) is 27.3. The van der Waals surface area contributed by atoms with Gasteiger partial charge in [0.25, 0.3) is 0 Å². The van der Waals surface area contributed by atoms with Crippen LogP contribution in [0.3, 0.4) is 0 Å². The van der Waals surface area contributed by atoms with Crippen molar-refractivity contribution in [3.8, 4) is 12.1 Å². The van der Waals surface area contributed by atoms with E-state index in [4.69, 9.17) is 41.4 Å². The van der Waals surface area contributed by atoms with Crippen LogP contribution in [0.15, 0.2) is 73.2 Å². The summed E-state index contributed by atoms with van der Waals surface area (Å²) < 4.78 is 0. The topological polar surface area (TPSA) is 90.6 Å². The van der Waals surface area contributed by atoms with E-state index in [1.807, 2.05) is 18.2 Å². The monoisotopic (exact) mass is 564 g/mol. The second kappa shape index (κ2) is 12.7. The normalized spacial score (nSPS) is 11.8. The molecule has 0 aliphatic heterocycles. The molecule has 0 saturated carbocycles. The van der Waals surface area contributed by atoms with Crippen LogP contribution in [0.25, 0.3) is 39.9 Å². The fourth-order valence-electron chi connectivity index (χ4n) is 3.53. The van der Waals surface area contributed by atoms with Gasteiger partial charge in [-0.25, -0.2) is 4.85 Å². The molecule has 3 aromatic heterocycles. The molecule has 0 N–H and O–H groups in total. The minimum atomic E-state index is 0.294. The Kier molecular flexibility index (Phi) is 8.85. The Hall–Kier alpha value is -4.77. The molecule has 39 heavy (non-hydrogen) atoms. The van der Waals surface area contributed by atoms with Crippen molar-refractivity contribution in [1.29, 1.82) is 10.5 Å². The summed E-state index contributed by atoms with van der Waals surface area (Å²) in [6.07, 6.45) is 9.44. The van der Waals surface area contributed by atoms with Crippen molar-refractivity contribution in [1.82, 2.24) is 15.0 Å². The highest BCUT2D eigenvalue weighted by atomic mass is 35.5. The lowest BCUT2D eigenvalue weighted by Gasteiger charge is -2.06. The number of hydrogen-bond donors (Lipinski definition) is 0. The van der Waals surface area contributed by atoms with Crippen molar-refractivity contribution in [2.24, 2.45) is 0 Å². The van der Waals surface area contributed by atoms with Gasteiger partial charge in [-0.1, -0.05) is 34.8 Å². The van der Waals surface area contributed by atoms with E-state index in [2.05, 4.69) is 31.9 Å². The van der Waals surface area contributed by atoms with Crippen molar-refractivity contribution in [3.63, 3.8) is 0 Å². The van der Waals surface area contributed by atoms with E-state index in [0.29, 0.717) is 65.7 Å². The number of nitrogens with zero attached hydrogens (tertiary/aromatic N) is 6. The van der Waals surface area contributed by atoms with E-state index in [1.165, 1.54) is 18.6 Å². The summed E-state index contributed by atoms with van der Waals surface area (Å²) in [7, 11) is 0. The lowest BCUT2D eigenvalue weighted by atomic mass is 9.99. The lowest BCUT2D eigenvalue weighted by Crippen LogP contribution is -1.90. The first-order valence-corrected chi connectivity index (χ1v) is 12.4. The third-order valence-electron chi connectivity index (χ3n) is 5.28. The van der Waals surface area contributed by atoms with E-state index in [1.54, 1.807) is 54.6 Å². The van der Waals surface area contributed by atoms with Gasteiger partial charge in [-0.05, 0) is 89.5 Å². The van der Waals surface area contributed by atoms with E-state index in [9.17, 15) is 10.5 Å². The smallest absolute Gasteiger partial charge is 0.212 e. The molecule has 0 aliphatic rings. The molecule has 0 spiro atoms. The van der Waals surface area contributed by atoms with Crippen molar-refractivity contribution in [3.05, 3.63) is 133 Å². The van der Waals surface area contributed by atoms with Gasteiger partial charge in [0.2, 0.25) is 5.70 Å². The van der Waals surface area contributed by atoms with Crippen LogP contribution in [-0.4, -0.2) is 15.0 Å². The summed E-state index contributed by atoms with van der Waals surface area (Å²) in [5, 5.41) is 21.0. The Bertz CT molecular complexity index is 1510. The number of allylic oxidation sites excluding steroid dienone is 2. The predicted octanol–water partition coefficient (Wildman–Crippen LogP) is 8.38. The zero-order valence-electron chi connectivity index (χ0n) is 20.0. The number of nitriles is 2. The second-order valence-electron chi connectivity index (χ2n) is 8.00. The van der Waals surface area contributed by atoms with E-state index in [0.717, 1.165) is 0 Å². The molecule has 0 fully saturated rings. The van der Waals surface area contributed by atoms with Crippen LogP contribution in [0, 0.1) is 29.2 Å². The molecule has 0 amide bonds. The van der Waals surface area contributed by atoms with Gasteiger partial charge in [-0.15, -0.1) is 0 Å². The molecule has 1 aromatic carbocycles. The Balaban J connectivity index is 1.87. The average molecular weight is 566 g/mol. The van der Waals surface area contributed by atoms with Crippen LogP contribution in [0.5, 0.6) is 0 Å². The zero-order valence-corrected chi connectivity index (χ0v) is 22.2. The zero-order chi connectivity index (χ0) is 27.8. The molecule has 0 atom stereocenters. The lowest BCUT2D eigenvalue weighted by molar-refractivity contribution is 1.28. The van der Waals surface area contributed by atoms with Gasteiger partial charge in [-0.3, -0.25) is 15.0 Å². The van der Waals surface area contributed by atoms with E-state index >= 15 is 0 Å². The fraction of sp³-hybridized carbons (Fsp3) is 0. The Morgan fingerprint density at radius 3 is 1.36 bits per heavy atom. The quantitative estimate of drug-likeness (QED) is 0.173. The molecule has 0 saturated heterocycles. The highest BCUT2D eigenvalue weighted by Gasteiger charge is 2.09. The fourth-order valence-corrected chi connectivity index (χ4v) is 3.87. The molecule has 0 unspecified atom stereocenters. The average Bonchev–Trinajstić information content (AvgIpc) is 2.95. The van der Waals surface area contributed by atoms with Gasteiger partial charge in [0, 0.05) is 18.6 Å². The molecule has 0 aliphatic carbocycles. The van der Waals surface area contributed by atoms with Gasteiger partial charge in [0.05, 0.1) is 49.9 Å². The number of rotatable bonds is 6. The minimum absolute atomic E-state index is 0.294. The number of pyridine rings is 3. The molecule has 186 valence electrons. The largest absolute Gasteiger partial charge is 0.267 e. The maximum absolute atomic E-state index is 9.82. The van der Waals surface area contributed by atoms with Crippen LogP contribution in [-0.2, 0) is 0 Å². The Morgan fingerprint density at radius 1 is 0.641 bits per heavy atom. The molecule has 4 rings (SSSR count). The van der Waals surface area contributed by atoms with Crippen molar-refractivity contribution < 1.29 is 0 Å². The van der Waals surface area contributed by atoms with E-state index < -0.39 is 0 Å². The van der Waals surface area contributed by atoms with Crippen molar-refractivity contribution in [2.45, 2.75) is 0 Å². The number of benzene rings is 1. The summed E-state index contributed by atoms with van der Waals surface area (Å²) in [5.74, 6) is 0. The van der Waals surface area contributed by atoms with Gasteiger partial charge in [-0.2, -0.15) is 10.5 Å². The molecule has 0 bridgehead atoms. The first-order chi connectivity index (χ1) is 18.9. The number of halogens is 3. The molecule has 4 aromatic rings. The van der Waals surface area contributed by atoms with E-state index in [-0.39, 0.29) is 0 Å². The standard InChI is InChI=1S/C30H15Cl3N6/c1-36-30(29-7-4-26(33)18-39-29)13-21-9-19(11-22(14-34)27-5-2-24(31)16-37-27)8-20(10-21)12-23(15-35)28-6-3-25(32)17-38-28/h2-13,16-18H/b22-11+,23-12+,30-13-. The molecular weight excluding hydrogens is 551 g/mol. The SMILES string of the molecule is [C-]#[N+]/C(=C\c1cc(/C=C(\C#N)c2ccc(Cl)cn2)cc(/C=C(\C#N)c2ccc(Cl)cn2)c1)c1ccc(Cl)cn1. The molecule has 3 heterocycles. The van der Waals surface area contributed by atoms with Gasteiger partial charge < -0.3 is 0 Å². The number of aromatic nitrogens is 3. The highest BCUT2D eigenvalue weighted by molar-refractivity contribution is 6.31. The van der Waals surface area contributed by atoms with Gasteiger partial charge >= 0.3 is 0 Å². The first-order valence-electron chi connectivity index (χ1n) is 11.2. The number of hydrogen-bond acceptors (Lipinski definition) is 5. The summed E-state index contributed by atoms with van der Waals surface area (Å²) in [6, 6.07) is 19.7. The van der Waals surface area contributed by atoms with Crippen molar-refractivity contribution in [2.75, 3.05) is 0 Å².